The number of methoxy groups -OCH3 is 1. The van der Waals surface area contributed by atoms with Crippen LogP contribution in [-0.2, 0) is 11.3 Å². The van der Waals surface area contributed by atoms with E-state index in [0.29, 0.717) is 18.0 Å². The van der Waals surface area contributed by atoms with Gasteiger partial charge in [-0.25, -0.2) is 0 Å². The van der Waals surface area contributed by atoms with E-state index in [-0.39, 0.29) is 24.2 Å². The zero-order valence-corrected chi connectivity index (χ0v) is 15.7. The van der Waals surface area contributed by atoms with Crippen molar-refractivity contribution in [2.45, 2.75) is 19.4 Å². The van der Waals surface area contributed by atoms with E-state index in [2.05, 4.69) is 10.6 Å². The average molecular weight is 377 g/mol. The average Bonchev–Trinajstić information content (AvgIpc) is 2.68. The minimum absolute atomic E-state index is 0. The first-order chi connectivity index (χ1) is 12.3. The van der Waals surface area contributed by atoms with E-state index in [9.17, 15) is 4.79 Å². The van der Waals surface area contributed by atoms with Gasteiger partial charge in [-0.3, -0.25) is 4.79 Å². The molecule has 1 amide bonds. The summed E-state index contributed by atoms with van der Waals surface area (Å²) in [6.45, 7) is 2.32. The molecule has 3 rings (SSSR count). The second kappa shape index (κ2) is 10.0. The highest BCUT2D eigenvalue weighted by atomic mass is 35.5. The number of para-hydroxylation sites is 2. The van der Waals surface area contributed by atoms with E-state index in [1.807, 2.05) is 48.5 Å². The monoisotopic (exact) mass is 376 g/mol. The second-order valence-corrected chi connectivity index (χ2v) is 6.16. The van der Waals surface area contributed by atoms with Crippen molar-refractivity contribution in [1.29, 1.82) is 0 Å². The molecular weight excluding hydrogens is 352 g/mol. The molecule has 1 saturated heterocycles. The van der Waals surface area contributed by atoms with Crippen LogP contribution in [0, 0.1) is 5.92 Å². The minimum atomic E-state index is 0. The van der Waals surface area contributed by atoms with E-state index in [1.165, 1.54) is 0 Å². The Balaban J connectivity index is 0.00000243. The Morgan fingerprint density at radius 3 is 2.54 bits per heavy atom. The molecule has 0 aromatic heterocycles. The number of ether oxygens (including phenoxy) is 2. The number of rotatable bonds is 6. The maximum atomic E-state index is 12.2. The summed E-state index contributed by atoms with van der Waals surface area (Å²) in [5, 5.41) is 6.28. The number of halogens is 1. The molecule has 1 aliphatic heterocycles. The summed E-state index contributed by atoms with van der Waals surface area (Å²) in [6, 6.07) is 15.3. The van der Waals surface area contributed by atoms with Crippen LogP contribution in [0.2, 0.25) is 0 Å². The van der Waals surface area contributed by atoms with Crippen LogP contribution in [0.3, 0.4) is 0 Å². The fourth-order valence-corrected chi connectivity index (χ4v) is 2.91. The fourth-order valence-electron chi connectivity index (χ4n) is 2.91. The van der Waals surface area contributed by atoms with Crippen LogP contribution in [0.5, 0.6) is 17.2 Å². The first-order valence-corrected chi connectivity index (χ1v) is 8.64. The second-order valence-electron chi connectivity index (χ2n) is 6.16. The molecule has 2 aromatic carbocycles. The SMILES string of the molecule is COc1ccccc1Oc1ccc(CNC(=O)C2CCCNC2)cc1.Cl. The van der Waals surface area contributed by atoms with Crippen LogP contribution in [0.1, 0.15) is 18.4 Å². The van der Waals surface area contributed by atoms with Crippen molar-refractivity contribution in [2.75, 3.05) is 20.2 Å². The lowest BCUT2D eigenvalue weighted by atomic mass is 9.99. The van der Waals surface area contributed by atoms with Gasteiger partial charge in [0.1, 0.15) is 5.75 Å². The summed E-state index contributed by atoms with van der Waals surface area (Å²) in [5.74, 6) is 2.32. The molecule has 1 heterocycles. The van der Waals surface area contributed by atoms with Gasteiger partial charge in [0.15, 0.2) is 11.5 Å². The summed E-state index contributed by atoms with van der Waals surface area (Å²) in [7, 11) is 1.62. The fraction of sp³-hybridized carbons (Fsp3) is 0.350. The van der Waals surface area contributed by atoms with E-state index in [4.69, 9.17) is 9.47 Å². The maximum absolute atomic E-state index is 12.2. The third-order valence-electron chi connectivity index (χ3n) is 4.35. The van der Waals surface area contributed by atoms with Gasteiger partial charge >= 0.3 is 0 Å². The third kappa shape index (κ3) is 5.38. The standard InChI is InChI=1S/C20H24N2O3.ClH/c1-24-18-6-2-3-7-19(18)25-17-10-8-15(9-11-17)13-22-20(23)16-5-4-12-21-14-16;/h2-3,6-11,16,21H,4-5,12-14H2,1H3,(H,22,23);1H. The summed E-state index contributed by atoms with van der Waals surface area (Å²) in [4.78, 5) is 12.2. The largest absolute Gasteiger partial charge is 0.493 e. The summed E-state index contributed by atoms with van der Waals surface area (Å²) >= 11 is 0. The molecule has 6 heteroatoms. The molecule has 2 N–H and O–H groups in total. The number of carbonyl (C=O) groups is 1. The number of nitrogens with one attached hydrogen (secondary N) is 2. The molecule has 1 atom stereocenters. The normalized spacial score (nSPS) is 16.3. The molecule has 2 aromatic rings. The van der Waals surface area contributed by atoms with Crippen molar-refractivity contribution in [3.8, 4) is 17.2 Å². The molecule has 0 saturated carbocycles. The Morgan fingerprint density at radius 2 is 1.88 bits per heavy atom. The highest BCUT2D eigenvalue weighted by Crippen LogP contribution is 2.30. The van der Waals surface area contributed by atoms with Crippen LogP contribution in [0.15, 0.2) is 48.5 Å². The number of hydrogen-bond acceptors (Lipinski definition) is 4. The van der Waals surface area contributed by atoms with E-state index in [0.717, 1.165) is 37.2 Å². The van der Waals surface area contributed by atoms with Crippen molar-refractivity contribution < 1.29 is 14.3 Å². The van der Waals surface area contributed by atoms with Crippen LogP contribution in [-0.4, -0.2) is 26.1 Å². The van der Waals surface area contributed by atoms with Gasteiger partial charge in [-0.2, -0.15) is 0 Å². The Kier molecular flexibility index (Phi) is 7.75. The molecule has 0 bridgehead atoms. The van der Waals surface area contributed by atoms with Crippen LogP contribution in [0.25, 0.3) is 0 Å². The van der Waals surface area contributed by atoms with E-state index >= 15 is 0 Å². The highest BCUT2D eigenvalue weighted by Gasteiger charge is 2.20. The Hall–Kier alpha value is -2.24. The predicted molar refractivity (Wildman–Crippen MR) is 104 cm³/mol. The number of benzene rings is 2. The van der Waals surface area contributed by atoms with Gasteiger partial charge < -0.3 is 20.1 Å². The molecule has 1 fully saturated rings. The van der Waals surface area contributed by atoms with Gasteiger partial charge in [0.2, 0.25) is 5.91 Å². The van der Waals surface area contributed by atoms with Gasteiger partial charge in [-0.05, 0) is 49.2 Å². The lowest BCUT2D eigenvalue weighted by Crippen LogP contribution is -2.40. The molecule has 1 unspecified atom stereocenters. The molecule has 140 valence electrons. The number of piperidine rings is 1. The van der Waals surface area contributed by atoms with Crippen molar-refractivity contribution in [3.63, 3.8) is 0 Å². The van der Waals surface area contributed by atoms with Crippen molar-refractivity contribution in [1.82, 2.24) is 10.6 Å². The van der Waals surface area contributed by atoms with Gasteiger partial charge in [0, 0.05) is 13.1 Å². The number of carbonyl (C=O) groups excluding carboxylic acids is 1. The smallest absolute Gasteiger partial charge is 0.224 e. The Bertz CT molecular complexity index is 700. The lowest BCUT2D eigenvalue weighted by Gasteiger charge is -2.21. The van der Waals surface area contributed by atoms with Crippen molar-refractivity contribution in [2.24, 2.45) is 5.92 Å². The first-order valence-electron chi connectivity index (χ1n) is 8.64. The first kappa shape index (κ1) is 20.1. The summed E-state index contributed by atoms with van der Waals surface area (Å²) < 4.78 is 11.1. The minimum Gasteiger partial charge on any atom is -0.493 e. The zero-order chi connectivity index (χ0) is 17.5. The molecule has 0 aliphatic carbocycles. The Labute approximate surface area is 160 Å². The van der Waals surface area contributed by atoms with Gasteiger partial charge in [-0.15, -0.1) is 12.4 Å². The quantitative estimate of drug-likeness (QED) is 0.809. The highest BCUT2D eigenvalue weighted by molar-refractivity contribution is 5.85. The van der Waals surface area contributed by atoms with Crippen LogP contribution in [0.4, 0.5) is 0 Å². The van der Waals surface area contributed by atoms with Crippen molar-refractivity contribution in [3.05, 3.63) is 54.1 Å². The lowest BCUT2D eigenvalue weighted by molar-refractivity contribution is -0.125. The molecule has 26 heavy (non-hydrogen) atoms. The summed E-state index contributed by atoms with van der Waals surface area (Å²) in [6.07, 6.45) is 2.03. The molecule has 5 nitrogen and oxygen atoms in total. The Morgan fingerprint density at radius 1 is 1.15 bits per heavy atom. The summed E-state index contributed by atoms with van der Waals surface area (Å²) in [5.41, 5.74) is 1.05. The third-order valence-corrected chi connectivity index (χ3v) is 4.35. The predicted octanol–water partition coefficient (Wildman–Crippen LogP) is 3.53. The molecule has 1 aliphatic rings. The van der Waals surface area contributed by atoms with Gasteiger partial charge in [0.05, 0.1) is 13.0 Å². The molecule has 0 radical (unpaired) electrons. The molecular formula is C20H25ClN2O3. The maximum Gasteiger partial charge on any atom is 0.224 e. The van der Waals surface area contributed by atoms with Gasteiger partial charge in [0.25, 0.3) is 0 Å². The topological polar surface area (TPSA) is 59.6 Å². The van der Waals surface area contributed by atoms with Crippen LogP contribution < -0.4 is 20.1 Å². The van der Waals surface area contributed by atoms with Crippen LogP contribution >= 0.6 is 12.4 Å². The number of hydrogen-bond donors (Lipinski definition) is 2. The van der Waals surface area contributed by atoms with Crippen molar-refractivity contribution >= 4 is 18.3 Å². The number of amides is 1. The van der Waals surface area contributed by atoms with E-state index in [1.54, 1.807) is 7.11 Å². The van der Waals surface area contributed by atoms with E-state index < -0.39 is 0 Å². The zero-order valence-electron chi connectivity index (χ0n) is 14.9. The molecule has 0 spiro atoms. The van der Waals surface area contributed by atoms with Gasteiger partial charge in [-0.1, -0.05) is 24.3 Å².